The summed E-state index contributed by atoms with van der Waals surface area (Å²) in [4.78, 5) is 16.8. The Morgan fingerprint density at radius 2 is 2.19 bits per heavy atom. The van der Waals surface area contributed by atoms with Crippen molar-refractivity contribution >= 4 is 28.6 Å². The maximum atomic E-state index is 10.7. The Bertz CT molecular complexity index is 465. The number of carbonyl (C=O) groups is 1. The van der Waals surface area contributed by atoms with Crippen LogP contribution in [-0.4, -0.2) is 16.1 Å². The molecule has 0 unspecified atom stereocenters. The molecule has 0 aliphatic heterocycles. The normalized spacial score (nSPS) is 10.5. The number of hydrogen-bond acceptors (Lipinski definition) is 5. The average molecular weight is 254 g/mol. The third-order valence-corrected chi connectivity index (χ3v) is 3.70. The minimum absolute atomic E-state index is 0.361. The van der Waals surface area contributed by atoms with E-state index in [1.165, 1.54) is 16.2 Å². The highest BCUT2D eigenvalue weighted by atomic mass is 32.1. The van der Waals surface area contributed by atoms with Gasteiger partial charge in [0.2, 0.25) is 0 Å². The predicted molar refractivity (Wildman–Crippen MR) is 63.9 cm³/mol. The Kier molecular flexibility index (Phi) is 3.66. The lowest BCUT2D eigenvalue weighted by molar-refractivity contribution is 0.0697. The van der Waals surface area contributed by atoms with Crippen LogP contribution < -0.4 is 5.32 Å². The van der Waals surface area contributed by atoms with Crippen LogP contribution in [0.1, 0.15) is 20.1 Å². The molecule has 0 aliphatic rings. The zero-order valence-corrected chi connectivity index (χ0v) is 9.98. The van der Waals surface area contributed by atoms with Crippen molar-refractivity contribution in [3.63, 3.8) is 0 Å². The van der Waals surface area contributed by atoms with Crippen molar-refractivity contribution < 1.29 is 9.90 Å². The van der Waals surface area contributed by atoms with E-state index in [2.05, 4.69) is 10.3 Å². The molecular weight excluding hydrogens is 244 g/mol. The third-order valence-electron chi connectivity index (χ3n) is 1.98. The van der Waals surface area contributed by atoms with E-state index in [0.29, 0.717) is 12.1 Å². The highest BCUT2D eigenvalue weighted by Crippen LogP contribution is 2.14. The molecule has 84 valence electrons. The SMILES string of the molecule is O=C(O)c1csc(CNCc2cncs2)c1. The highest BCUT2D eigenvalue weighted by molar-refractivity contribution is 7.10. The van der Waals surface area contributed by atoms with Crippen molar-refractivity contribution in [2.45, 2.75) is 13.1 Å². The summed E-state index contributed by atoms with van der Waals surface area (Å²) in [5.41, 5.74) is 2.16. The number of thiophene rings is 1. The highest BCUT2D eigenvalue weighted by Gasteiger charge is 2.05. The molecule has 0 aliphatic carbocycles. The van der Waals surface area contributed by atoms with Crippen molar-refractivity contribution in [3.8, 4) is 0 Å². The van der Waals surface area contributed by atoms with Gasteiger partial charge >= 0.3 is 5.97 Å². The summed E-state index contributed by atoms with van der Waals surface area (Å²) in [5.74, 6) is -0.870. The molecule has 2 aromatic rings. The molecule has 4 nitrogen and oxygen atoms in total. The molecule has 2 aromatic heterocycles. The summed E-state index contributed by atoms with van der Waals surface area (Å²) >= 11 is 3.06. The fraction of sp³-hybridized carbons (Fsp3) is 0.200. The number of carboxylic acid groups (broad SMARTS) is 1. The first-order valence-corrected chi connectivity index (χ1v) is 6.40. The van der Waals surface area contributed by atoms with Gasteiger partial charge in [-0.05, 0) is 6.07 Å². The molecule has 0 amide bonds. The van der Waals surface area contributed by atoms with Gasteiger partial charge in [0, 0.05) is 34.4 Å². The van der Waals surface area contributed by atoms with E-state index in [-0.39, 0.29) is 0 Å². The van der Waals surface area contributed by atoms with Crippen LogP contribution in [0, 0.1) is 0 Å². The second kappa shape index (κ2) is 5.20. The molecule has 0 saturated carbocycles. The van der Waals surface area contributed by atoms with Gasteiger partial charge < -0.3 is 10.4 Å². The van der Waals surface area contributed by atoms with E-state index < -0.39 is 5.97 Å². The van der Waals surface area contributed by atoms with Crippen molar-refractivity contribution in [2.75, 3.05) is 0 Å². The molecule has 0 bridgehead atoms. The van der Waals surface area contributed by atoms with Crippen LogP contribution in [0.15, 0.2) is 23.2 Å². The van der Waals surface area contributed by atoms with Gasteiger partial charge in [0.05, 0.1) is 11.1 Å². The zero-order chi connectivity index (χ0) is 11.4. The molecule has 2 heterocycles. The largest absolute Gasteiger partial charge is 0.478 e. The lowest BCUT2D eigenvalue weighted by atomic mass is 10.3. The van der Waals surface area contributed by atoms with Crippen LogP contribution in [0.5, 0.6) is 0 Å². The second-order valence-corrected chi connectivity index (χ2v) is 5.14. The van der Waals surface area contributed by atoms with Gasteiger partial charge in [-0.15, -0.1) is 22.7 Å². The van der Waals surface area contributed by atoms with Gasteiger partial charge in [-0.2, -0.15) is 0 Å². The summed E-state index contributed by atoms with van der Waals surface area (Å²) in [7, 11) is 0. The number of nitrogens with zero attached hydrogens (tertiary/aromatic N) is 1. The van der Waals surface area contributed by atoms with Gasteiger partial charge in [-0.3, -0.25) is 4.98 Å². The number of thiazole rings is 1. The molecular formula is C10H10N2O2S2. The van der Waals surface area contributed by atoms with Gasteiger partial charge in [0.1, 0.15) is 0 Å². The molecule has 0 fully saturated rings. The Morgan fingerprint density at radius 1 is 1.38 bits per heavy atom. The Labute approximate surface area is 101 Å². The molecule has 16 heavy (non-hydrogen) atoms. The number of hydrogen-bond donors (Lipinski definition) is 2. The fourth-order valence-corrected chi connectivity index (χ4v) is 2.62. The summed E-state index contributed by atoms with van der Waals surface area (Å²) in [6, 6.07) is 1.70. The summed E-state index contributed by atoms with van der Waals surface area (Å²) in [6.45, 7) is 1.46. The molecule has 0 radical (unpaired) electrons. The number of aromatic nitrogens is 1. The van der Waals surface area contributed by atoms with Crippen molar-refractivity contribution in [3.05, 3.63) is 38.5 Å². The van der Waals surface area contributed by atoms with Gasteiger partial charge in [-0.25, -0.2) is 4.79 Å². The zero-order valence-electron chi connectivity index (χ0n) is 8.34. The van der Waals surface area contributed by atoms with Crippen LogP contribution >= 0.6 is 22.7 Å². The predicted octanol–water partition coefficient (Wildman–Crippen LogP) is 2.19. The molecule has 2 rings (SSSR count). The topological polar surface area (TPSA) is 62.2 Å². The number of nitrogens with one attached hydrogen (secondary N) is 1. The quantitative estimate of drug-likeness (QED) is 0.858. The van der Waals surface area contributed by atoms with Crippen LogP contribution in [0.25, 0.3) is 0 Å². The van der Waals surface area contributed by atoms with Crippen molar-refractivity contribution in [1.29, 1.82) is 0 Å². The molecule has 2 N–H and O–H groups in total. The number of carboxylic acids is 1. The van der Waals surface area contributed by atoms with Gasteiger partial charge in [-0.1, -0.05) is 0 Å². The first-order chi connectivity index (χ1) is 7.75. The standard InChI is InChI=1S/C10H10N2O2S2/c13-10(14)7-1-8(15-5-7)2-11-3-9-4-12-6-16-9/h1,4-6,11H,2-3H2,(H,13,14). The maximum absolute atomic E-state index is 10.7. The van der Waals surface area contributed by atoms with Crippen LogP contribution in [-0.2, 0) is 13.1 Å². The first kappa shape index (κ1) is 11.3. The molecule has 0 atom stereocenters. The molecule has 0 aromatic carbocycles. The van der Waals surface area contributed by atoms with Crippen molar-refractivity contribution in [1.82, 2.24) is 10.3 Å². The van der Waals surface area contributed by atoms with Crippen LogP contribution in [0.4, 0.5) is 0 Å². The van der Waals surface area contributed by atoms with E-state index >= 15 is 0 Å². The number of aromatic carboxylic acids is 1. The number of rotatable bonds is 5. The first-order valence-electron chi connectivity index (χ1n) is 4.64. The Hall–Kier alpha value is -1.24. The summed E-state index contributed by atoms with van der Waals surface area (Å²) in [5, 5.41) is 13.7. The van der Waals surface area contributed by atoms with Crippen LogP contribution in [0.3, 0.4) is 0 Å². The van der Waals surface area contributed by atoms with E-state index in [4.69, 9.17) is 5.11 Å². The second-order valence-electron chi connectivity index (χ2n) is 3.18. The fourth-order valence-electron chi connectivity index (χ4n) is 1.22. The monoisotopic (exact) mass is 254 g/mol. The minimum Gasteiger partial charge on any atom is -0.478 e. The lowest BCUT2D eigenvalue weighted by Crippen LogP contribution is -2.10. The minimum atomic E-state index is -0.870. The van der Waals surface area contributed by atoms with Gasteiger partial charge in [0.25, 0.3) is 0 Å². The lowest BCUT2D eigenvalue weighted by Gasteiger charge is -1.99. The van der Waals surface area contributed by atoms with E-state index in [1.54, 1.807) is 28.3 Å². The van der Waals surface area contributed by atoms with E-state index in [9.17, 15) is 4.79 Å². The summed E-state index contributed by atoms with van der Waals surface area (Å²) < 4.78 is 0. The summed E-state index contributed by atoms with van der Waals surface area (Å²) in [6.07, 6.45) is 1.83. The van der Waals surface area contributed by atoms with E-state index in [1.807, 2.05) is 6.20 Å². The van der Waals surface area contributed by atoms with Crippen LogP contribution in [0.2, 0.25) is 0 Å². The Balaban J connectivity index is 1.83. The smallest absolute Gasteiger partial charge is 0.336 e. The average Bonchev–Trinajstić information content (AvgIpc) is 2.87. The van der Waals surface area contributed by atoms with E-state index in [0.717, 1.165) is 11.4 Å². The van der Waals surface area contributed by atoms with Crippen molar-refractivity contribution in [2.24, 2.45) is 0 Å². The van der Waals surface area contributed by atoms with Gasteiger partial charge in [0.15, 0.2) is 0 Å². The third kappa shape index (κ3) is 2.88. The Morgan fingerprint density at radius 3 is 2.81 bits per heavy atom. The molecule has 0 spiro atoms. The maximum Gasteiger partial charge on any atom is 0.336 e. The molecule has 6 heteroatoms. The molecule has 0 saturated heterocycles.